The lowest BCUT2D eigenvalue weighted by Crippen LogP contribution is -2.33. The highest BCUT2D eigenvalue weighted by molar-refractivity contribution is 5.88. The van der Waals surface area contributed by atoms with Crippen molar-refractivity contribution in [3.05, 3.63) is 52.4 Å². The molecular formula is C22H28N2O4. The van der Waals surface area contributed by atoms with Crippen LogP contribution in [0.1, 0.15) is 38.3 Å². The van der Waals surface area contributed by atoms with Crippen molar-refractivity contribution in [1.29, 1.82) is 0 Å². The Balaban J connectivity index is 1.85. The van der Waals surface area contributed by atoms with Crippen LogP contribution in [0.2, 0.25) is 0 Å². The molecule has 0 radical (unpaired) electrons. The topological polar surface area (TPSA) is 71.8 Å². The molecule has 0 atom stereocenters. The molecule has 1 aliphatic heterocycles. The number of benzene rings is 1. The average Bonchev–Trinajstić information content (AvgIpc) is 2.60. The van der Waals surface area contributed by atoms with Gasteiger partial charge in [0.1, 0.15) is 11.2 Å². The number of nitrogens with one attached hydrogen (secondary N) is 1. The molecule has 0 fully saturated rings. The monoisotopic (exact) mass is 384 g/mol. The first kappa shape index (κ1) is 20.0. The fourth-order valence-electron chi connectivity index (χ4n) is 3.61. The van der Waals surface area contributed by atoms with E-state index in [0.29, 0.717) is 18.5 Å². The molecule has 28 heavy (non-hydrogen) atoms. The van der Waals surface area contributed by atoms with Gasteiger partial charge >= 0.3 is 11.7 Å². The second kappa shape index (κ2) is 8.09. The molecule has 1 aliphatic rings. The molecule has 1 aromatic carbocycles. The molecule has 0 unspecified atom stereocenters. The van der Waals surface area contributed by atoms with Crippen molar-refractivity contribution in [1.82, 2.24) is 5.32 Å². The summed E-state index contributed by atoms with van der Waals surface area (Å²) in [5.74, 6) is 0. The molecule has 3 rings (SSSR count). The Bertz CT molecular complexity index is 940. The molecule has 1 aromatic heterocycles. The van der Waals surface area contributed by atoms with E-state index in [1.54, 1.807) is 0 Å². The van der Waals surface area contributed by atoms with Gasteiger partial charge in [-0.25, -0.2) is 9.59 Å². The maximum absolute atomic E-state index is 12.2. The van der Waals surface area contributed by atoms with Crippen LogP contribution in [0, 0.1) is 0 Å². The molecule has 0 saturated heterocycles. The van der Waals surface area contributed by atoms with Gasteiger partial charge in [-0.2, -0.15) is 0 Å². The van der Waals surface area contributed by atoms with Gasteiger partial charge in [-0.3, -0.25) is 0 Å². The minimum absolute atomic E-state index is 0.367. The molecule has 2 heterocycles. The van der Waals surface area contributed by atoms with Crippen LogP contribution >= 0.6 is 0 Å². The van der Waals surface area contributed by atoms with E-state index in [9.17, 15) is 9.59 Å². The summed E-state index contributed by atoms with van der Waals surface area (Å²) in [7, 11) is 0. The van der Waals surface area contributed by atoms with E-state index < -0.39 is 11.7 Å². The van der Waals surface area contributed by atoms with Crippen molar-refractivity contribution in [2.24, 2.45) is 0 Å². The van der Waals surface area contributed by atoms with Gasteiger partial charge in [-0.05, 0) is 57.7 Å². The van der Waals surface area contributed by atoms with Crippen LogP contribution in [-0.4, -0.2) is 31.3 Å². The molecule has 0 saturated carbocycles. The molecule has 0 aliphatic carbocycles. The van der Waals surface area contributed by atoms with Crippen LogP contribution in [0.25, 0.3) is 11.0 Å². The third kappa shape index (κ3) is 4.55. The lowest BCUT2D eigenvalue weighted by molar-refractivity contribution is 0.0528. The van der Waals surface area contributed by atoms with Crippen LogP contribution in [0.5, 0.6) is 0 Å². The van der Waals surface area contributed by atoms with E-state index in [1.165, 1.54) is 6.07 Å². The summed E-state index contributed by atoms with van der Waals surface area (Å²) in [5, 5.41) is 3.67. The van der Waals surface area contributed by atoms with E-state index >= 15 is 0 Å². The van der Waals surface area contributed by atoms with Crippen LogP contribution in [0.15, 0.2) is 40.1 Å². The van der Waals surface area contributed by atoms with Crippen molar-refractivity contribution in [3.63, 3.8) is 0 Å². The maximum Gasteiger partial charge on any atom is 0.407 e. The molecule has 0 bridgehead atoms. The van der Waals surface area contributed by atoms with Gasteiger partial charge in [0.25, 0.3) is 0 Å². The van der Waals surface area contributed by atoms with Gasteiger partial charge in [0.05, 0.1) is 0 Å². The number of nitrogens with zero attached hydrogens (tertiary/aromatic N) is 1. The highest BCUT2D eigenvalue weighted by atomic mass is 16.6. The number of carbonyl (C=O) groups excluding carboxylic acids is 1. The van der Waals surface area contributed by atoms with Crippen LogP contribution < -0.4 is 15.8 Å². The van der Waals surface area contributed by atoms with Gasteiger partial charge < -0.3 is 19.4 Å². The number of hydrogen-bond donors (Lipinski definition) is 1. The van der Waals surface area contributed by atoms with Crippen molar-refractivity contribution in [2.45, 2.75) is 45.6 Å². The molecule has 1 amide bonds. The lowest BCUT2D eigenvalue weighted by Gasteiger charge is -2.30. The summed E-state index contributed by atoms with van der Waals surface area (Å²) in [5.41, 5.74) is 2.79. The van der Waals surface area contributed by atoms with Crippen molar-refractivity contribution >= 4 is 22.7 Å². The van der Waals surface area contributed by atoms with Crippen LogP contribution in [0.4, 0.5) is 10.5 Å². The largest absolute Gasteiger partial charge is 0.444 e. The third-order valence-electron chi connectivity index (χ3n) is 4.68. The molecule has 6 nitrogen and oxygen atoms in total. The fourth-order valence-corrected chi connectivity index (χ4v) is 3.61. The minimum atomic E-state index is -0.541. The lowest BCUT2D eigenvalue weighted by atomic mass is 9.96. The summed E-state index contributed by atoms with van der Waals surface area (Å²) in [6.45, 7) is 11.4. The standard InChI is InChI=1S/C22H28N2O4/c1-5-12-24-13-6-7-17-18(24)9-8-16-15(14-19(25)27-20(16)17)10-11-23-21(26)28-22(2,3)4/h5,8-9,14H,1,6-7,10-13H2,2-4H3,(H,23,26). The first-order valence-electron chi connectivity index (χ1n) is 9.70. The summed E-state index contributed by atoms with van der Waals surface area (Å²) in [4.78, 5) is 26.3. The normalized spacial score (nSPS) is 13.9. The van der Waals surface area contributed by atoms with Gasteiger partial charge in [-0.1, -0.05) is 6.08 Å². The molecule has 1 N–H and O–H groups in total. The molecular weight excluding hydrogens is 356 g/mol. The summed E-state index contributed by atoms with van der Waals surface area (Å²) >= 11 is 0. The average molecular weight is 384 g/mol. The first-order chi connectivity index (χ1) is 13.3. The minimum Gasteiger partial charge on any atom is -0.444 e. The van der Waals surface area contributed by atoms with Crippen molar-refractivity contribution < 1.29 is 13.9 Å². The molecule has 150 valence electrons. The number of alkyl carbamates (subject to hydrolysis) is 1. The van der Waals surface area contributed by atoms with E-state index in [2.05, 4.69) is 22.9 Å². The Labute approximate surface area is 165 Å². The Morgan fingerprint density at radius 3 is 2.89 bits per heavy atom. The number of hydrogen-bond acceptors (Lipinski definition) is 5. The Hall–Kier alpha value is -2.76. The summed E-state index contributed by atoms with van der Waals surface area (Å²) in [6, 6.07) is 5.60. The second-order valence-corrected chi connectivity index (χ2v) is 8.05. The highest BCUT2D eigenvalue weighted by Crippen LogP contribution is 2.34. The Morgan fingerprint density at radius 2 is 2.18 bits per heavy atom. The smallest absolute Gasteiger partial charge is 0.407 e. The number of fused-ring (bicyclic) bond motifs is 3. The van der Waals surface area contributed by atoms with Gasteiger partial charge in [0, 0.05) is 42.3 Å². The zero-order valence-electron chi connectivity index (χ0n) is 16.8. The first-order valence-corrected chi connectivity index (χ1v) is 9.70. The Kier molecular flexibility index (Phi) is 5.77. The second-order valence-electron chi connectivity index (χ2n) is 8.05. The molecule has 6 heteroatoms. The van der Waals surface area contributed by atoms with E-state index in [-0.39, 0.29) is 5.63 Å². The number of ether oxygens (including phenoxy) is 1. The van der Waals surface area contributed by atoms with E-state index in [0.717, 1.165) is 48.1 Å². The van der Waals surface area contributed by atoms with Crippen LogP contribution in [0.3, 0.4) is 0 Å². The number of amides is 1. The van der Waals surface area contributed by atoms with Crippen molar-refractivity contribution in [2.75, 3.05) is 24.5 Å². The van der Waals surface area contributed by atoms with Crippen molar-refractivity contribution in [3.8, 4) is 0 Å². The molecule has 0 spiro atoms. The number of aryl methyl sites for hydroxylation is 1. The van der Waals surface area contributed by atoms with Crippen LogP contribution in [-0.2, 0) is 17.6 Å². The Morgan fingerprint density at radius 1 is 1.39 bits per heavy atom. The van der Waals surface area contributed by atoms with Gasteiger partial charge in [-0.15, -0.1) is 6.58 Å². The SMILES string of the molecule is C=CCN1CCCc2c1ccc1c(CCNC(=O)OC(C)(C)C)cc(=O)oc21. The predicted octanol–water partition coefficient (Wildman–Crippen LogP) is 3.80. The van der Waals surface area contributed by atoms with Gasteiger partial charge in [0.15, 0.2) is 0 Å². The highest BCUT2D eigenvalue weighted by Gasteiger charge is 2.21. The quantitative estimate of drug-likeness (QED) is 0.627. The zero-order valence-corrected chi connectivity index (χ0v) is 16.8. The summed E-state index contributed by atoms with van der Waals surface area (Å²) in [6.07, 6.45) is 3.83. The zero-order chi connectivity index (χ0) is 20.3. The number of carbonyl (C=O) groups is 1. The third-order valence-corrected chi connectivity index (χ3v) is 4.68. The molecule has 2 aromatic rings. The summed E-state index contributed by atoms with van der Waals surface area (Å²) < 4.78 is 10.9. The van der Waals surface area contributed by atoms with E-state index in [1.807, 2.05) is 32.9 Å². The van der Waals surface area contributed by atoms with Gasteiger partial charge in [0.2, 0.25) is 0 Å². The van der Waals surface area contributed by atoms with E-state index in [4.69, 9.17) is 9.15 Å². The number of anilines is 1. The fraction of sp³-hybridized carbons (Fsp3) is 0.455. The number of rotatable bonds is 5. The predicted molar refractivity (Wildman–Crippen MR) is 111 cm³/mol. The maximum atomic E-state index is 12.2.